The van der Waals surface area contributed by atoms with Gasteiger partial charge in [-0.25, -0.2) is 9.97 Å². The minimum Gasteiger partial charge on any atom is -0.221 e. The molecule has 2 heterocycles. The number of thiophene rings is 1. The number of thioether (sulfide) groups is 1. The third-order valence-electron chi connectivity index (χ3n) is 2.97. The number of aryl methyl sites for hydroxylation is 1. The second-order valence-corrected chi connectivity index (χ2v) is 7.42. The van der Waals surface area contributed by atoms with Crippen LogP contribution in [0.4, 0.5) is 0 Å². The number of benzene rings is 1. The van der Waals surface area contributed by atoms with Gasteiger partial charge in [0.15, 0.2) is 0 Å². The molecule has 0 N–H and O–H groups in total. The fourth-order valence-corrected chi connectivity index (χ4v) is 4.06. The Kier molecular flexibility index (Phi) is 4.69. The summed E-state index contributed by atoms with van der Waals surface area (Å²) in [6.45, 7) is 2.13. The number of hydrogen-bond acceptors (Lipinski definition) is 4. The van der Waals surface area contributed by atoms with Crippen molar-refractivity contribution in [1.82, 2.24) is 9.97 Å². The van der Waals surface area contributed by atoms with E-state index in [0.29, 0.717) is 10.9 Å². The molecule has 0 amide bonds. The number of hydrogen-bond donors (Lipinski definition) is 0. The Morgan fingerprint density at radius 2 is 1.90 bits per heavy atom. The molecule has 1 aromatic carbocycles. The first-order valence-corrected chi connectivity index (χ1v) is 9.04. The number of nitrogens with zero attached hydrogens (tertiary/aromatic N) is 2. The molecule has 0 bridgehead atoms. The Labute approximate surface area is 141 Å². The van der Waals surface area contributed by atoms with Gasteiger partial charge in [0, 0.05) is 20.2 Å². The van der Waals surface area contributed by atoms with Crippen LogP contribution in [-0.2, 0) is 12.2 Å². The average Bonchev–Trinajstić information content (AvgIpc) is 2.90. The van der Waals surface area contributed by atoms with Gasteiger partial charge in [-0.2, -0.15) is 0 Å². The third kappa shape index (κ3) is 3.51. The topological polar surface area (TPSA) is 25.8 Å². The van der Waals surface area contributed by atoms with Gasteiger partial charge in [0.25, 0.3) is 0 Å². The van der Waals surface area contributed by atoms with E-state index >= 15 is 0 Å². The molecule has 0 fully saturated rings. The molecule has 0 unspecified atom stereocenters. The van der Waals surface area contributed by atoms with Crippen molar-refractivity contribution in [3.63, 3.8) is 0 Å². The summed E-state index contributed by atoms with van der Waals surface area (Å²) in [6.07, 6.45) is 0.992. The molecule has 0 saturated carbocycles. The van der Waals surface area contributed by atoms with Gasteiger partial charge in [0.2, 0.25) is 0 Å². The molecule has 3 aromatic rings. The van der Waals surface area contributed by atoms with E-state index in [4.69, 9.17) is 23.2 Å². The molecular formula is C15H12Cl2N2S2. The van der Waals surface area contributed by atoms with Gasteiger partial charge in [-0.15, -0.1) is 23.1 Å². The first kappa shape index (κ1) is 15.1. The molecular weight excluding hydrogens is 343 g/mol. The van der Waals surface area contributed by atoms with Crippen LogP contribution in [0.5, 0.6) is 0 Å². The maximum absolute atomic E-state index is 6.26. The fraction of sp³-hybridized carbons (Fsp3) is 0.200. The highest BCUT2D eigenvalue weighted by Crippen LogP contribution is 2.30. The summed E-state index contributed by atoms with van der Waals surface area (Å²) in [5, 5.41) is 2.24. The second-order valence-electron chi connectivity index (χ2n) is 4.46. The number of halogens is 2. The molecule has 21 heavy (non-hydrogen) atoms. The van der Waals surface area contributed by atoms with Crippen LogP contribution in [0.15, 0.2) is 35.2 Å². The Morgan fingerprint density at radius 3 is 2.62 bits per heavy atom. The standard InChI is InChI=1S/C15H12Cl2N2S2/c1-2-10-7-12-14(17)18-13(19-15(12)21-10)8-20-11-5-3-9(16)4-6-11/h3-7H,2,8H2,1H3. The van der Waals surface area contributed by atoms with Crippen LogP contribution in [0.1, 0.15) is 17.6 Å². The lowest BCUT2D eigenvalue weighted by Crippen LogP contribution is -1.92. The highest BCUT2D eigenvalue weighted by atomic mass is 35.5. The predicted molar refractivity (Wildman–Crippen MR) is 92.8 cm³/mol. The van der Waals surface area contributed by atoms with Gasteiger partial charge in [0.05, 0.1) is 5.75 Å². The molecule has 0 atom stereocenters. The lowest BCUT2D eigenvalue weighted by molar-refractivity contribution is 1.07. The van der Waals surface area contributed by atoms with Crippen molar-refractivity contribution in [3.05, 3.63) is 51.2 Å². The van der Waals surface area contributed by atoms with Crippen LogP contribution in [0.25, 0.3) is 10.2 Å². The molecule has 6 heteroatoms. The summed E-state index contributed by atoms with van der Waals surface area (Å²) in [5.74, 6) is 1.45. The molecule has 0 saturated heterocycles. The van der Waals surface area contributed by atoms with E-state index in [1.807, 2.05) is 24.3 Å². The predicted octanol–water partition coefficient (Wildman–Crippen LogP) is 5.85. The van der Waals surface area contributed by atoms with E-state index in [1.165, 1.54) is 4.88 Å². The maximum Gasteiger partial charge on any atom is 0.142 e. The average molecular weight is 355 g/mol. The first-order chi connectivity index (χ1) is 10.2. The van der Waals surface area contributed by atoms with Gasteiger partial charge in [0.1, 0.15) is 15.8 Å². The summed E-state index contributed by atoms with van der Waals surface area (Å²) < 4.78 is 0. The summed E-state index contributed by atoms with van der Waals surface area (Å²) in [7, 11) is 0. The van der Waals surface area contributed by atoms with E-state index in [0.717, 1.165) is 32.4 Å². The lowest BCUT2D eigenvalue weighted by atomic mass is 10.3. The Bertz CT molecular complexity index is 769. The SMILES string of the molecule is CCc1cc2c(Cl)nc(CSc3ccc(Cl)cc3)nc2s1. The van der Waals surface area contributed by atoms with Crippen LogP contribution >= 0.6 is 46.3 Å². The molecule has 0 aliphatic heterocycles. The second kappa shape index (κ2) is 6.53. The molecule has 2 nitrogen and oxygen atoms in total. The molecule has 108 valence electrons. The van der Waals surface area contributed by atoms with Gasteiger partial charge < -0.3 is 0 Å². The van der Waals surface area contributed by atoms with Crippen LogP contribution in [0, 0.1) is 0 Å². The zero-order chi connectivity index (χ0) is 14.8. The summed E-state index contributed by atoms with van der Waals surface area (Å²) >= 11 is 15.5. The van der Waals surface area contributed by atoms with Crippen LogP contribution in [0.3, 0.4) is 0 Å². The van der Waals surface area contributed by atoms with E-state index in [2.05, 4.69) is 23.0 Å². The zero-order valence-electron chi connectivity index (χ0n) is 11.3. The van der Waals surface area contributed by atoms with Gasteiger partial charge in [-0.3, -0.25) is 0 Å². The van der Waals surface area contributed by atoms with Crippen molar-refractivity contribution in [2.45, 2.75) is 24.0 Å². The van der Waals surface area contributed by atoms with Gasteiger partial charge >= 0.3 is 0 Å². The van der Waals surface area contributed by atoms with E-state index in [-0.39, 0.29) is 0 Å². The lowest BCUT2D eigenvalue weighted by Gasteiger charge is -2.02. The van der Waals surface area contributed by atoms with Crippen molar-refractivity contribution in [1.29, 1.82) is 0 Å². The van der Waals surface area contributed by atoms with Crippen molar-refractivity contribution in [2.24, 2.45) is 0 Å². The summed E-state index contributed by atoms with van der Waals surface area (Å²) in [6, 6.07) is 9.83. The normalized spacial score (nSPS) is 11.2. The van der Waals surface area contributed by atoms with Crippen LogP contribution in [-0.4, -0.2) is 9.97 Å². The zero-order valence-corrected chi connectivity index (χ0v) is 14.4. The third-order valence-corrected chi connectivity index (χ3v) is 5.69. The molecule has 0 spiro atoms. The molecule has 2 aromatic heterocycles. The monoisotopic (exact) mass is 354 g/mol. The van der Waals surface area contributed by atoms with Gasteiger partial charge in [-0.1, -0.05) is 30.1 Å². The fourth-order valence-electron chi connectivity index (χ4n) is 1.90. The number of rotatable bonds is 4. The quantitative estimate of drug-likeness (QED) is 0.433. The molecule has 0 radical (unpaired) electrons. The minimum atomic E-state index is 0.544. The van der Waals surface area contributed by atoms with Crippen molar-refractivity contribution >= 4 is 56.5 Å². The maximum atomic E-state index is 6.26. The summed E-state index contributed by atoms with van der Waals surface area (Å²) in [4.78, 5) is 12.4. The van der Waals surface area contributed by atoms with Crippen molar-refractivity contribution in [2.75, 3.05) is 0 Å². The highest BCUT2D eigenvalue weighted by Gasteiger charge is 2.10. The molecule has 3 rings (SSSR count). The van der Waals surface area contributed by atoms with Crippen molar-refractivity contribution in [3.8, 4) is 0 Å². The van der Waals surface area contributed by atoms with E-state index in [1.54, 1.807) is 23.1 Å². The number of aromatic nitrogens is 2. The minimum absolute atomic E-state index is 0.544. The van der Waals surface area contributed by atoms with E-state index in [9.17, 15) is 0 Å². The number of fused-ring (bicyclic) bond motifs is 1. The molecule has 0 aliphatic rings. The Balaban J connectivity index is 1.82. The smallest absolute Gasteiger partial charge is 0.142 e. The Hall–Kier alpha value is -0.810. The first-order valence-electron chi connectivity index (χ1n) is 6.49. The Morgan fingerprint density at radius 1 is 1.14 bits per heavy atom. The van der Waals surface area contributed by atoms with Gasteiger partial charge in [-0.05, 0) is 36.8 Å². The van der Waals surface area contributed by atoms with Crippen LogP contribution in [0.2, 0.25) is 10.2 Å². The highest BCUT2D eigenvalue weighted by molar-refractivity contribution is 7.98. The summed E-state index contributed by atoms with van der Waals surface area (Å²) in [5.41, 5.74) is 0. The largest absolute Gasteiger partial charge is 0.221 e. The molecule has 0 aliphatic carbocycles. The van der Waals surface area contributed by atoms with E-state index < -0.39 is 0 Å². The van der Waals surface area contributed by atoms with Crippen molar-refractivity contribution < 1.29 is 0 Å². The van der Waals surface area contributed by atoms with Crippen LogP contribution < -0.4 is 0 Å².